The third kappa shape index (κ3) is 7.27. The molecule has 0 aromatic rings. The molecule has 8 aliphatic carbocycles. The normalized spacial score (nSPS) is 47.4. The monoisotopic (exact) mass is 1050 g/mol. The van der Waals surface area contributed by atoms with Gasteiger partial charge in [-0.15, -0.1) is 0 Å². The number of aliphatic hydroxyl groups is 2. The maximum Gasteiger partial charge on any atom is 0.319 e. The molecule has 1 saturated heterocycles. The minimum absolute atomic E-state index is 0.00469. The van der Waals surface area contributed by atoms with Crippen LogP contribution in [0.1, 0.15) is 113 Å². The molecule has 9 aliphatic rings. The zero-order chi connectivity index (χ0) is 53.1. The molecule has 1 aliphatic heterocycles. The molecule has 0 spiro atoms. The second-order valence-corrected chi connectivity index (χ2v) is 24.6. The highest BCUT2D eigenvalue weighted by atomic mass is 32.2. The van der Waals surface area contributed by atoms with Crippen LogP contribution in [0.25, 0.3) is 0 Å². The van der Waals surface area contributed by atoms with Gasteiger partial charge in [0.15, 0.2) is 34.1 Å². The Balaban J connectivity index is 0.000000194. The first kappa shape index (κ1) is 54.6. The van der Waals surface area contributed by atoms with Gasteiger partial charge in [-0.2, -0.15) is 0 Å². The van der Waals surface area contributed by atoms with Gasteiger partial charge in [0.25, 0.3) is 0 Å². The van der Waals surface area contributed by atoms with Gasteiger partial charge in [-0.25, -0.2) is 22.0 Å². The van der Waals surface area contributed by atoms with E-state index in [2.05, 4.69) is 0 Å². The maximum absolute atomic E-state index is 17.4. The molecular weight excluding hydrogens is 988 g/mol. The number of ether oxygens (including phenoxy) is 3. The molecule has 0 bridgehead atoms. The number of cyclic esters (lactones) is 1. The summed E-state index contributed by atoms with van der Waals surface area (Å²) in [5.41, 5.74) is -13.7. The van der Waals surface area contributed by atoms with Gasteiger partial charge in [0.1, 0.15) is 23.6 Å². The van der Waals surface area contributed by atoms with Crippen molar-refractivity contribution in [3.63, 3.8) is 0 Å². The molecule has 19 atom stereocenters. The van der Waals surface area contributed by atoms with Crippen molar-refractivity contribution < 1.29 is 79.9 Å². The van der Waals surface area contributed by atoms with Crippen molar-refractivity contribution in [3.8, 4) is 0 Å². The molecule has 0 aromatic carbocycles. The van der Waals surface area contributed by atoms with E-state index in [1.807, 2.05) is 0 Å². The van der Waals surface area contributed by atoms with Crippen LogP contribution in [0.2, 0.25) is 0 Å². The summed E-state index contributed by atoms with van der Waals surface area (Å²) in [5.74, 6) is -7.06. The summed E-state index contributed by atoms with van der Waals surface area (Å²) in [6, 6.07) is -1.02. The summed E-state index contributed by atoms with van der Waals surface area (Å²) in [7, 11) is 0. The maximum atomic E-state index is 17.4. The molecule has 2 N–H and O–H groups in total. The van der Waals surface area contributed by atoms with Crippen molar-refractivity contribution in [1.29, 1.82) is 0 Å². The van der Waals surface area contributed by atoms with Crippen LogP contribution in [-0.2, 0) is 47.8 Å². The fourth-order valence-electron chi connectivity index (χ4n) is 15.9. The van der Waals surface area contributed by atoms with Crippen molar-refractivity contribution >= 4 is 63.2 Å². The Hall–Kier alpha value is -3.68. The van der Waals surface area contributed by atoms with Gasteiger partial charge in [0.2, 0.25) is 10.2 Å². The molecule has 7 fully saturated rings. The average Bonchev–Trinajstić information content (AvgIpc) is 3.90. The van der Waals surface area contributed by atoms with E-state index in [9.17, 15) is 48.2 Å². The third-order valence-corrected chi connectivity index (χ3v) is 21.3. The number of allylic oxidation sites excluding steroid dienone is 8. The van der Waals surface area contributed by atoms with Crippen LogP contribution in [0.15, 0.2) is 47.6 Å². The summed E-state index contributed by atoms with van der Waals surface area (Å²) in [5, 5.41) is 21.0. The van der Waals surface area contributed by atoms with Gasteiger partial charge in [0, 0.05) is 64.6 Å². The Morgan fingerprint density at radius 3 is 1.49 bits per heavy atom. The first-order valence-corrected chi connectivity index (χ1v) is 26.9. The zero-order valence-electron chi connectivity index (χ0n) is 41.8. The molecule has 6 saturated carbocycles. The Kier molecular flexibility index (Phi) is 14.1. The second-order valence-electron chi connectivity index (χ2n) is 22.5. The number of carbonyl (C=O) groups is 7. The van der Waals surface area contributed by atoms with Gasteiger partial charge in [-0.05, 0) is 111 Å². The summed E-state index contributed by atoms with van der Waals surface area (Å²) in [6.07, 6.45) is 0.746. The standard InChI is InChI=1S/C28H34F2O7S.C25H31F3O5S/c1-5-22(33)37-28(24(35)38-20-7-9-36-23(20)34)14(2)10-16-17-12-19(29)18-11-15(31)6-8-25(18,3)27(17,30)21(32)13-26(16,28)4;1-5-20(31)33-25(21(32)34-12-26)13(2)8-15-16-10-18(27)17-9-14(29)6-7-22(17,3)24(16,28)19(30)11-23(15,25)4/h6,8,11,14,16-17,19-21,32H,5,7,9-10,12-13H2,1-4H3;6-7,9,13,15-16,18-19,30H,5,8,10-12H2,1-4H3/t14-,16?,17?,19+,20?,21+,25?,26?,27+,28+;13-,15?,16?,18+,19+,22?,23?,24+,25+/m11/s1. The number of carbonyl (C=O) groups excluding carboxylic acids is 7. The van der Waals surface area contributed by atoms with Crippen molar-refractivity contribution in [2.24, 2.45) is 57.2 Å². The van der Waals surface area contributed by atoms with E-state index >= 15 is 17.6 Å². The van der Waals surface area contributed by atoms with Gasteiger partial charge in [-0.3, -0.25) is 33.6 Å². The lowest BCUT2D eigenvalue weighted by Gasteiger charge is -2.63. The number of halogens is 5. The number of hydrogen-bond donors (Lipinski definition) is 2. The van der Waals surface area contributed by atoms with Crippen molar-refractivity contribution in [1.82, 2.24) is 0 Å². The molecule has 0 radical (unpaired) electrons. The minimum atomic E-state index is -2.31. The van der Waals surface area contributed by atoms with Gasteiger partial charge in [-0.1, -0.05) is 65.5 Å². The lowest BCUT2D eigenvalue weighted by atomic mass is 9.44. The quantitative estimate of drug-likeness (QED) is 0.134. The third-order valence-electron chi connectivity index (χ3n) is 19.4. The highest BCUT2D eigenvalue weighted by molar-refractivity contribution is 8.15. The van der Waals surface area contributed by atoms with E-state index in [-0.39, 0.29) is 69.1 Å². The molecule has 1 heterocycles. The molecule has 0 amide bonds. The topological polar surface area (TPSA) is 188 Å². The SMILES string of the molecule is CCC(=O)O[C@]1(C(=O)SC2CCOC2=O)[C@H](C)CC2C3C[C@H](F)C4=CC(=O)C=CC4(C)[C@@]3(F)[C@@H](O)CC21C.CCC(=O)O[C@]1(C(=O)SCF)[C@H](C)CC2C3C[C@H](F)C4=CC(=O)C=CC4(C)[C@@]3(F)[C@@H](O)CC21C. The Bertz CT molecular complexity index is 2470. The summed E-state index contributed by atoms with van der Waals surface area (Å²) in [4.78, 5) is 88.9. The predicted octanol–water partition coefficient (Wildman–Crippen LogP) is 8.25. The fraction of sp³-hybridized carbons (Fsp3) is 0.717. The molecule has 12 nitrogen and oxygen atoms in total. The molecule has 9 rings (SSSR count). The summed E-state index contributed by atoms with van der Waals surface area (Å²) < 4.78 is 96.0. The van der Waals surface area contributed by atoms with Gasteiger partial charge in [0.05, 0.1) is 18.8 Å². The van der Waals surface area contributed by atoms with E-state index in [1.54, 1.807) is 41.5 Å². The zero-order valence-corrected chi connectivity index (χ0v) is 43.4. The van der Waals surface area contributed by atoms with Crippen LogP contribution in [-0.4, -0.2) is 115 Å². The number of ketones is 2. The van der Waals surface area contributed by atoms with E-state index in [1.165, 1.54) is 38.2 Å². The molecule has 9 unspecified atom stereocenters. The van der Waals surface area contributed by atoms with E-state index in [4.69, 9.17) is 14.2 Å². The van der Waals surface area contributed by atoms with Crippen LogP contribution < -0.4 is 0 Å². The van der Waals surface area contributed by atoms with Crippen LogP contribution in [0, 0.1) is 57.2 Å². The number of alkyl halides is 5. The number of rotatable bonds is 8. The van der Waals surface area contributed by atoms with Gasteiger partial charge < -0.3 is 24.4 Å². The number of thioether (sulfide) groups is 2. The lowest BCUT2D eigenvalue weighted by Crippen LogP contribution is -2.70. The van der Waals surface area contributed by atoms with Gasteiger partial charge >= 0.3 is 17.9 Å². The van der Waals surface area contributed by atoms with Crippen molar-refractivity contribution in [3.05, 3.63) is 47.6 Å². The predicted molar refractivity (Wildman–Crippen MR) is 255 cm³/mol. The highest BCUT2D eigenvalue weighted by Gasteiger charge is 2.80. The number of fused-ring (bicyclic) bond motifs is 10. The average molecular weight is 1050 g/mol. The van der Waals surface area contributed by atoms with Crippen LogP contribution in [0.5, 0.6) is 0 Å². The fourth-order valence-corrected chi connectivity index (χ4v) is 18.0. The number of hydrogen-bond acceptors (Lipinski definition) is 14. The molecule has 19 heteroatoms. The number of esters is 3. The molecular formula is C53H65F5O12S2. The lowest BCUT2D eigenvalue weighted by molar-refractivity contribution is -0.228. The highest BCUT2D eigenvalue weighted by Crippen LogP contribution is 2.74. The Labute approximate surface area is 424 Å². The summed E-state index contributed by atoms with van der Waals surface area (Å²) >= 11 is 1.17. The van der Waals surface area contributed by atoms with Crippen LogP contribution in [0.4, 0.5) is 22.0 Å². The summed E-state index contributed by atoms with van der Waals surface area (Å²) in [6.45, 7) is 13.2. The smallest absolute Gasteiger partial charge is 0.319 e. The van der Waals surface area contributed by atoms with Crippen molar-refractivity contribution in [2.75, 3.05) is 12.6 Å². The first-order chi connectivity index (χ1) is 33.6. The van der Waals surface area contributed by atoms with Crippen LogP contribution >= 0.6 is 23.5 Å². The Morgan fingerprint density at radius 2 is 1.11 bits per heavy atom. The second kappa shape index (κ2) is 18.6. The molecule has 72 heavy (non-hydrogen) atoms. The molecule has 396 valence electrons. The largest absolute Gasteiger partial charge is 0.465 e. The first-order valence-electron chi connectivity index (χ1n) is 25.1. The van der Waals surface area contributed by atoms with E-state index in [0.717, 1.165) is 23.9 Å². The minimum Gasteiger partial charge on any atom is -0.465 e. The van der Waals surface area contributed by atoms with Crippen molar-refractivity contribution in [2.45, 2.75) is 166 Å². The van der Waals surface area contributed by atoms with E-state index < -0.39 is 155 Å². The van der Waals surface area contributed by atoms with E-state index in [0.29, 0.717) is 18.2 Å². The molecule has 0 aromatic heterocycles. The number of aliphatic hydroxyl groups excluding tert-OH is 2. The van der Waals surface area contributed by atoms with Crippen LogP contribution in [0.3, 0.4) is 0 Å². The Morgan fingerprint density at radius 1 is 0.694 bits per heavy atom.